The second-order valence-electron chi connectivity index (χ2n) is 6.65. The van der Waals surface area contributed by atoms with Gasteiger partial charge in [-0.15, -0.1) is 0 Å². The van der Waals surface area contributed by atoms with Crippen LogP contribution in [0.15, 0.2) is 53.6 Å². The van der Waals surface area contributed by atoms with Crippen LogP contribution in [0, 0.1) is 0 Å². The van der Waals surface area contributed by atoms with E-state index in [0.29, 0.717) is 11.4 Å². The van der Waals surface area contributed by atoms with Crippen molar-refractivity contribution >= 4 is 33.5 Å². The largest absolute Gasteiger partial charge is 0.497 e. The summed E-state index contributed by atoms with van der Waals surface area (Å²) >= 11 is 0. The molecule has 0 heterocycles. The summed E-state index contributed by atoms with van der Waals surface area (Å²) in [6.45, 7) is 1.50. The molecule has 0 bridgehead atoms. The van der Waals surface area contributed by atoms with E-state index in [9.17, 15) is 13.2 Å². The maximum absolute atomic E-state index is 12.5. The zero-order valence-corrected chi connectivity index (χ0v) is 18.0. The number of hydrazone groups is 1. The quantitative estimate of drug-likeness (QED) is 0.523. The Morgan fingerprint density at radius 2 is 1.62 bits per heavy atom. The van der Waals surface area contributed by atoms with Crippen molar-refractivity contribution in [1.29, 1.82) is 0 Å². The van der Waals surface area contributed by atoms with Crippen LogP contribution in [0.25, 0.3) is 0 Å². The lowest BCUT2D eigenvalue weighted by molar-refractivity contribution is -0.121. The molecule has 8 nitrogen and oxygen atoms in total. The Bertz CT molecular complexity index is 955. The molecule has 1 N–H and O–H groups in total. The number of amides is 1. The average Bonchev–Trinajstić information content (AvgIpc) is 2.67. The number of ether oxygens (including phenoxy) is 1. The molecule has 9 heteroatoms. The molecule has 0 saturated carbocycles. The second kappa shape index (κ2) is 9.42. The summed E-state index contributed by atoms with van der Waals surface area (Å²) < 4.78 is 30.7. The van der Waals surface area contributed by atoms with Crippen molar-refractivity contribution in [2.24, 2.45) is 5.10 Å². The number of hydrogen-bond acceptors (Lipinski definition) is 6. The molecule has 0 saturated heterocycles. The summed E-state index contributed by atoms with van der Waals surface area (Å²) in [5, 5.41) is 3.94. The zero-order chi connectivity index (χ0) is 21.6. The van der Waals surface area contributed by atoms with Crippen molar-refractivity contribution in [3.8, 4) is 5.75 Å². The Labute approximate surface area is 171 Å². The number of nitrogens with zero attached hydrogens (tertiary/aromatic N) is 3. The standard InChI is InChI=1S/C20H26N4O4S/c1-15(24(29(5,26)27)18-10-12-19(28-4)13-11-18)20(25)22-21-14-16-6-8-17(9-7-16)23(2)3/h6-15H,1-5H3,(H,22,25)/b21-14-/t15-/m1/s1. The number of methoxy groups -OCH3 is 1. The van der Waals surface area contributed by atoms with Gasteiger partial charge in [0.25, 0.3) is 5.91 Å². The molecule has 156 valence electrons. The third kappa shape index (κ3) is 5.95. The first-order chi connectivity index (χ1) is 13.6. The highest BCUT2D eigenvalue weighted by atomic mass is 32.2. The van der Waals surface area contributed by atoms with E-state index in [2.05, 4.69) is 10.5 Å². The first-order valence-corrected chi connectivity index (χ1v) is 10.7. The number of hydrogen-bond donors (Lipinski definition) is 1. The van der Waals surface area contributed by atoms with E-state index in [1.807, 2.05) is 43.3 Å². The molecule has 2 aromatic carbocycles. The van der Waals surface area contributed by atoms with Gasteiger partial charge in [0, 0.05) is 19.8 Å². The zero-order valence-electron chi connectivity index (χ0n) is 17.2. The maximum Gasteiger partial charge on any atom is 0.263 e. The molecule has 1 amide bonds. The Morgan fingerprint density at radius 1 is 1.07 bits per heavy atom. The van der Waals surface area contributed by atoms with Crippen molar-refractivity contribution in [1.82, 2.24) is 5.43 Å². The third-order valence-electron chi connectivity index (χ3n) is 4.21. The van der Waals surface area contributed by atoms with E-state index in [1.165, 1.54) is 20.2 Å². The predicted molar refractivity (Wildman–Crippen MR) is 116 cm³/mol. The first-order valence-electron chi connectivity index (χ1n) is 8.87. The molecule has 2 rings (SSSR count). The molecule has 0 unspecified atom stereocenters. The lowest BCUT2D eigenvalue weighted by Gasteiger charge is -2.27. The van der Waals surface area contributed by atoms with Gasteiger partial charge in [0.1, 0.15) is 11.8 Å². The Kier molecular flexibility index (Phi) is 7.22. The van der Waals surface area contributed by atoms with Gasteiger partial charge in [-0.25, -0.2) is 13.8 Å². The molecular weight excluding hydrogens is 392 g/mol. The lowest BCUT2D eigenvalue weighted by Crippen LogP contribution is -2.46. The van der Waals surface area contributed by atoms with E-state index < -0.39 is 22.0 Å². The summed E-state index contributed by atoms with van der Waals surface area (Å²) in [6, 6.07) is 13.0. The minimum atomic E-state index is -3.70. The molecule has 0 aromatic heterocycles. The van der Waals surface area contributed by atoms with Crippen molar-refractivity contribution in [3.05, 3.63) is 54.1 Å². The molecule has 0 fully saturated rings. The molecular formula is C20H26N4O4S. The predicted octanol–water partition coefficient (Wildman–Crippen LogP) is 2.07. The number of nitrogens with one attached hydrogen (secondary N) is 1. The van der Waals surface area contributed by atoms with Crippen molar-refractivity contribution in [2.75, 3.05) is 36.7 Å². The molecule has 0 aliphatic carbocycles. The van der Waals surface area contributed by atoms with Gasteiger partial charge in [-0.05, 0) is 48.9 Å². The van der Waals surface area contributed by atoms with Crippen LogP contribution in [0.5, 0.6) is 5.75 Å². The fourth-order valence-electron chi connectivity index (χ4n) is 2.66. The highest BCUT2D eigenvalue weighted by molar-refractivity contribution is 7.92. The summed E-state index contributed by atoms with van der Waals surface area (Å²) in [5.41, 5.74) is 4.61. The molecule has 2 aromatic rings. The van der Waals surface area contributed by atoms with Gasteiger partial charge >= 0.3 is 0 Å². The first kappa shape index (κ1) is 22.2. The highest BCUT2D eigenvalue weighted by Crippen LogP contribution is 2.23. The van der Waals surface area contributed by atoms with E-state index in [0.717, 1.165) is 21.8 Å². The molecule has 29 heavy (non-hydrogen) atoms. The van der Waals surface area contributed by atoms with Crippen LogP contribution in [-0.2, 0) is 14.8 Å². The Hall–Kier alpha value is -3.07. The second-order valence-corrected chi connectivity index (χ2v) is 8.51. The normalized spacial score (nSPS) is 12.4. The monoisotopic (exact) mass is 418 g/mol. The minimum Gasteiger partial charge on any atom is -0.497 e. The van der Waals surface area contributed by atoms with E-state index in [4.69, 9.17) is 4.74 Å². The van der Waals surface area contributed by atoms with Crippen LogP contribution in [-0.4, -0.2) is 54.0 Å². The fraction of sp³-hybridized carbons (Fsp3) is 0.300. The minimum absolute atomic E-state index is 0.360. The van der Waals surface area contributed by atoms with E-state index in [1.54, 1.807) is 24.3 Å². The summed E-state index contributed by atoms with van der Waals surface area (Å²) in [6.07, 6.45) is 2.55. The van der Waals surface area contributed by atoms with Gasteiger partial charge in [-0.1, -0.05) is 12.1 Å². The van der Waals surface area contributed by atoms with Gasteiger partial charge in [0.15, 0.2) is 0 Å². The van der Waals surface area contributed by atoms with Crippen molar-refractivity contribution in [3.63, 3.8) is 0 Å². The van der Waals surface area contributed by atoms with Gasteiger partial charge in [0.2, 0.25) is 10.0 Å². The van der Waals surface area contributed by atoms with Crippen molar-refractivity contribution < 1.29 is 17.9 Å². The van der Waals surface area contributed by atoms with Crippen LogP contribution >= 0.6 is 0 Å². The SMILES string of the molecule is COc1ccc(N([C@H](C)C(=O)N/N=C\c2ccc(N(C)C)cc2)S(C)(=O)=O)cc1. The van der Waals surface area contributed by atoms with Crippen LogP contribution in [0.2, 0.25) is 0 Å². The number of anilines is 2. The number of carbonyl (C=O) groups is 1. The molecule has 0 spiro atoms. The van der Waals surface area contributed by atoms with Gasteiger partial charge in [-0.2, -0.15) is 5.10 Å². The smallest absolute Gasteiger partial charge is 0.263 e. The third-order valence-corrected chi connectivity index (χ3v) is 5.45. The summed E-state index contributed by atoms with van der Waals surface area (Å²) in [4.78, 5) is 14.5. The van der Waals surface area contributed by atoms with Crippen LogP contribution in [0.3, 0.4) is 0 Å². The summed E-state index contributed by atoms with van der Waals surface area (Å²) in [7, 11) is 1.71. The van der Waals surface area contributed by atoms with Gasteiger partial charge in [0.05, 0.1) is 25.3 Å². The molecule has 0 radical (unpaired) electrons. The van der Waals surface area contributed by atoms with Gasteiger partial charge < -0.3 is 9.64 Å². The highest BCUT2D eigenvalue weighted by Gasteiger charge is 2.29. The van der Waals surface area contributed by atoms with Crippen LogP contribution < -0.4 is 19.4 Å². The number of benzene rings is 2. The number of carbonyl (C=O) groups excluding carboxylic acids is 1. The Morgan fingerprint density at radius 3 is 2.10 bits per heavy atom. The van der Waals surface area contributed by atoms with Crippen molar-refractivity contribution in [2.45, 2.75) is 13.0 Å². The molecule has 0 aliphatic rings. The fourth-order valence-corrected chi connectivity index (χ4v) is 3.84. The van der Waals surface area contributed by atoms with Crippen LogP contribution in [0.4, 0.5) is 11.4 Å². The summed E-state index contributed by atoms with van der Waals surface area (Å²) in [5.74, 6) is 0.0385. The van der Waals surface area contributed by atoms with Gasteiger partial charge in [-0.3, -0.25) is 9.10 Å². The maximum atomic E-state index is 12.5. The average molecular weight is 419 g/mol. The molecule has 0 aliphatic heterocycles. The number of sulfonamides is 1. The van der Waals surface area contributed by atoms with E-state index in [-0.39, 0.29) is 0 Å². The lowest BCUT2D eigenvalue weighted by atomic mass is 10.2. The van der Waals surface area contributed by atoms with E-state index >= 15 is 0 Å². The number of rotatable bonds is 8. The van der Waals surface area contributed by atoms with Crippen LogP contribution in [0.1, 0.15) is 12.5 Å². The molecule has 1 atom stereocenters. The Balaban J connectivity index is 2.12. The topological polar surface area (TPSA) is 91.3 Å².